The Morgan fingerprint density at radius 3 is 2.88 bits per heavy atom. The lowest BCUT2D eigenvalue weighted by Gasteiger charge is -2.03. The number of hydrogen-bond donors (Lipinski definition) is 2. The summed E-state index contributed by atoms with van der Waals surface area (Å²) in [6.07, 6.45) is 1.49. The van der Waals surface area contributed by atoms with Gasteiger partial charge < -0.3 is 11.5 Å². The second-order valence-electron chi connectivity index (χ2n) is 2.92. The van der Waals surface area contributed by atoms with Crippen molar-refractivity contribution in [1.29, 1.82) is 0 Å². The van der Waals surface area contributed by atoms with Gasteiger partial charge in [0.25, 0.3) is 5.91 Å². The Labute approximate surface area is 100 Å². The van der Waals surface area contributed by atoms with Crippen molar-refractivity contribution >= 4 is 34.9 Å². The topological polar surface area (TPSA) is 94.9 Å². The molecule has 82 valence electrons. The van der Waals surface area contributed by atoms with Crippen LogP contribution in [0.25, 0.3) is 0 Å². The Hall–Kier alpha value is -1.60. The molecule has 16 heavy (non-hydrogen) atoms. The molecular weight excluding hydrogens is 244 g/mol. The van der Waals surface area contributed by atoms with Crippen LogP contribution in [0.15, 0.2) is 33.8 Å². The van der Waals surface area contributed by atoms with E-state index in [1.54, 1.807) is 12.1 Å². The van der Waals surface area contributed by atoms with Crippen LogP contribution in [0.2, 0.25) is 0 Å². The Morgan fingerprint density at radius 1 is 1.44 bits per heavy atom. The first kappa shape index (κ1) is 10.9. The zero-order valence-corrected chi connectivity index (χ0v) is 9.72. The number of nitrogens with zero attached hydrogens (tertiary/aromatic N) is 2. The van der Waals surface area contributed by atoms with E-state index in [2.05, 4.69) is 9.36 Å². The molecular formula is C9H8N4OS2. The Kier molecular flexibility index (Phi) is 3.07. The summed E-state index contributed by atoms with van der Waals surface area (Å²) in [5.41, 5.74) is 11.5. The predicted molar refractivity (Wildman–Crippen MR) is 63.4 cm³/mol. The van der Waals surface area contributed by atoms with Crippen LogP contribution < -0.4 is 11.5 Å². The summed E-state index contributed by atoms with van der Waals surface area (Å²) in [7, 11) is 0. The summed E-state index contributed by atoms with van der Waals surface area (Å²) >= 11 is 2.71. The average molecular weight is 252 g/mol. The molecule has 0 saturated heterocycles. The third-order valence-electron chi connectivity index (χ3n) is 1.84. The second kappa shape index (κ2) is 4.50. The first-order chi connectivity index (χ1) is 7.66. The van der Waals surface area contributed by atoms with E-state index in [1.165, 1.54) is 29.6 Å². The molecule has 0 aliphatic heterocycles. The molecule has 1 heterocycles. The van der Waals surface area contributed by atoms with Gasteiger partial charge in [-0.2, -0.15) is 4.37 Å². The lowest BCUT2D eigenvalue weighted by atomic mass is 10.2. The van der Waals surface area contributed by atoms with E-state index in [9.17, 15) is 4.79 Å². The molecule has 2 rings (SSSR count). The molecule has 1 aromatic heterocycles. The number of rotatable bonds is 3. The molecule has 0 bridgehead atoms. The van der Waals surface area contributed by atoms with Crippen molar-refractivity contribution in [3.63, 3.8) is 0 Å². The summed E-state index contributed by atoms with van der Waals surface area (Å²) < 4.78 is 4.69. The van der Waals surface area contributed by atoms with Gasteiger partial charge in [-0.15, -0.1) is 0 Å². The van der Waals surface area contributed by atoms with E-state index in [4.69, 9.17) is 11.5 Å². The average Bonchev–Trinajstić information content (AvgIpc) is 2.73. The van der Waals surface area contributed by atoms with E-state index in [0.29, 0.717) is 11.3 Å². The highest BCUT2D eigenvalue weighted by molar-refractivity contribution is 8.01. The number of aromatic nitrogens is 2. The number of carbonyl (C=O) groups is 1. The molecule has 2 aromatic rings. The van der Waals surface area contributed by atoms with Gasteiger partial charge in [0.15, 0.2) is 4.34 Å². The van der Waals surface area contributed by atoms with E-state index in [1.807, 2.05) is 6.07 Å². The van der Waals surface area contributed by atoms with Crippen LogP contribution in [-0.4, -0.2) is 15.3 Å². The van der Waals surface area contributed by atoms with Gasteiger partial charge in [0.2, 0.25) is 0 Å². The largest absolute Gasteiger partial charge is 0.398 e. The van der Waals surface area contributed by atoms with E-state index >= 15 is 0 Å². The fourth-order valence-electron chi connectivity index (χ4n) is 1.12. The van der Waals surface area contributed by atoms with E-state index in [-0.39, 0.29) is 0 Å². The molecule has 0 atom stereocenters. The van der Waals surface area contributed by atoms with E-state index < -0.39 is 5.91 Å². The molecule has 1 aromatic carbocycles. The van der Waals surface area contributed by atoms with Crippen LogP contribution in [0.1, 0.15) is 10.4 Å². The van der Waals surface area contributed by atoms with Crippen molar-refractivity contribution in [3.8, 4) is 0 Å². The molecule has 0 unspecified atom stereocenters. The van der Waals surface area contributed by atoms with Crippen LogP contribution >= 0.6 is 23.3 Å². The van der Waals surface area contributed by atoms with Gasteiger partial charge in [-0.3, -0.25) is 4.79 Å². The molecule has 4 N–H and O–H groups in total. The number of anilines is 1. The van der Waals surface area contributed by atoms with E-state index in [0.717, 1.165) is 9.24 Å². The van der Waals surface area contributed by atoms with Crippen molar-refractivity contribution in [2.45, 2.75) is 9.24 Å². The maximum absolute atomic E-state index is 11.1. The van der Waals surface area contributed by atoms with Crippen LogP contribution in [0.4, 0.5) is 5.69 Å². The summed E-state index contributed by atoms with van der Waals surface area (Å²) in [4.78, 5) is 16.0. The summed E-state index contributed by atoms with van der Waals surface area (Å²) in [5, 5.41) is 0. The molecule has 0 saturated carbocycles. The number of benzene rings is 1. The minimum absolute atomic E-state index is 0.328. The molecule has 5 nitrogen and oxygen atoms in total. The summed E-state index contributed by atoms with van der Waals surface area (Å²) in [6.45, 7) is 0. The van der Waals surface area contributed by atoms with Crippen molar-refractivity contribution < 1.29 is 4.79 Å². The van der Waals surface area contributed by atoms with Gasteiger partial charge in [-0.05, 0) is 29.7 Å². The Balaban J connectivity index is 2.29. The van der Waals surface area contributed by atoms with Crippen LogP contribution in [-0.2, 0) is 0 Å². The quantitative estimate of drug-likeness (QED) is 0.804. The monoisotopic (exact) mass is 252 g/mol. The summed E-state index contributed by atoms with van der Waals surface area (Å²) in [5.74, 6) is -0.530. The molecule has 0 aliphatic carbocycles. The number of nitrogens with two attached hydrogens (primary N) is 2. The standard InChI is InChI=1S/C9H8N4OS2/c10-7-2-1-5(3-6(7)8(11)14)15-9-12-4-13-16-9/h1-4H,10H2,(H2,11,14). The molecule has 7 heteroatoms. The highest BCUT2D eigenvalue weighted by Crippen LogP contribution is 2.29. The highest BCUT2D eigenvalue weighted by Gasteiger charge is 2.08. The van der Waals surface area contributed by atoms with Crippen molar-refractivity contribution in [2.75, 3.05) is 5.73 Å². The summed E-state index contributed by atoms with van der Waals surface area (Å²) in [6, 6.07) is 5.13. The van der Waals surface area contributed by atoms with Crippen LogP contribution in [0.3, 0.4) is 0 Å². The first-order valence-corrected chi connectivity index (χ1v) is 5.89. The Morgan fingerprint density at radius 2 is 2.25 bits per heavy atom. The normalized spacial score (nSPS) is 10.2. The zero-order chi connectivity index (χ0) is 11.5. The van der Waals surface area contributed by atoms with Crippen LogP contribution in [0, 0.1) is 0 Å². The van der Waals surface area contributed by atoms with Crippen LogP contribution in [0.5, 0.6) is 0 Å². The SMILES string of the molecule is NC(=O)c1cc(Sc2ncns2)ccc1N. The fraction of sp³-hybridized carbons (Fsp3) is 0. The van der Waals surface area contributed by atoms with Gasteiger partial charge >= 0.3 is 0 Å². The first-order valence-electron chi connectivity index (χ1n) is 4.30. The predicted octanol–water partition coefficient (Wildman–Crippen LogP) is 1.37. The minimum atomic E-state index is -0.530. The third-order valence-corrected chi connectivity index (χ3v) is 3.54. The van der Waals surface area contributed by atoms with Crippen molar-refractivity contribution in [2.24, 2.45) is 5.73 Å². The van der Waals surface area contributed by atoms with Gasteiger partial charge in [0.1, 0.15) is 6.33 Å². The third kappa shape index (κ3) is 2.31. The van der Waals surface area contributed by atoms with Gasteiger partial charge in [0, 0.05) is 10.6 Å². The molecule has 0 aliphatic rings. The van der Waals surface area contributed by atoms with Crippen molar-refractivity contribution in [1.82, 2.24) is 9.36 Å². The van der Waals surface area contributed by atoms with Gasteiger partial charge in [-0.25, -0.2) is 4.98 Å². The lowest BCUT2D eigenvalue weighted by Crippen LogP contribution is -2.13. The molecule has 0 radical (unpaired) electrons. The lowest BCUT2D eigenvalue weighted by molar-refractivity contribution is 0.100. The minimum Gasteiger partial charge on any atom is -0.398 e. The maximum Gasteiger partial charge on any atom is 0.250 e. The van der Waals surface area contributed by atoms with Gasteiger partial charge in [-0.1, -0.05) is 11.8 Å². The molecule has 0 spiro atoms. The number of primary amides is 1. The number of amides is 1. The molecule has 1 amide bonds. The fourth-order valence-corrected chi connectivity index (χ4v) is 2.58. The smallest absolute Gasteiger partial charge is 0.250 e. The number of nitrogen functional groups attached to an aromatic ring is 1. The second-order valence-corrected chi connectivity index (χ2v) is 5.02. The zero-order valence-electron chi connectivity index (χ0n) is 8.08. The molecule has 0 fully saturated rings. The Bertz CT molecular complexity index is 512. The van der Waals surface area contributed by atoms with Crippen molar-refractivity contribution in [3.05, 3.63) is 30.1 Å². The highest BCUT2D eigenvalue weighted by atomic mass is 32.2. The maximum atomic E-state index is 11.1. The number of carbonyl (C=O) groups excluding carboxylic acids is 1. The number of hydrogen-bond acceptors (Lipinski definition) is 6. The van der Waals surface area contributed by atoms with Gasteiger partial charge in [0.05, 0.1) is 5.56 Å².